The number of nitrogens with two attached hydrogens (primary N) is 1. The van der Waals surface area contributed by atoms with Crippen LogP contribution in [0.2, 0.25) is 0 Å². The van der Waals surface area contributed by atoms with Gasteiger partial charge in [0, 0.05) is 6.54 Å². The van der Waals surface area contributed by atoms with Gasteiger partial charge < -0.3 is 15.4 Å². The van der Waals surface area contributed by atoms with E-state index in [1.54, 1.807) is 7.11 Å². The fraction of sp³-hybridized carbons (Fsp3) is 0.500. The molecule has 3 rings (SSSR count). The van der Waals surface area contributed by atoms with Gasteiger partial charge in [-0.05, 0) is 43.0 Å². The van der Waals surface area contributed by atoms with Crippen LogP contribution in [-0.4, -0.2) is 31.1 Å². The molecule has 1 aromatic rings. The molecule has 0 saturated carbocycles. The molecule has 0 fully saturated rings. The van der Waals surface area contributed by atoms with Gasteiger partial charge in [-0.1, -0.05) is 6.07 Å². The topological polar surface area (TPSA) is 50.8 Å². The van der Waals surface area contributed by atoms with Crippen molar-refractivity contribution in [3.05, 3.63) is 29.3 Å². The van der Waals surface area contributed by atoms with Crippen LogP contribution in [0.5, 0.6) is 5.75 Å². The minimum Gasteiger partial charge on any atom is -0.497 e. The largest absolute Gasteiger partial charge is 0.497 e. The monoisotopic (exact) mass is 245 g/mol. The van der Waals surface area contributed by atoms with Crippen molar-refractivity contribution in [1.82, 2.24) is 4.90 Å². The Morgan fingerprint density at radius 1 is 1.50 bits per heavy atom. The van der Waals surface area contributed by atoms with Crippen LogP contribution in [0.4, 0.5) is 0 Å². The molecule has 1 spiro atoms. The molecule has 4 nitrogen and oxygen atoms in total. The molecule has 96 valence electrons. The molecule has 1 unspecified atom stereocenters. The van der Waals surface area contributed by atoms with Gasteiger partial charge in [0.1, 0.15) is 5.75 Å². The maximum atomic E-state index is 6.02. The average molecular weight is 245 g/mol. The Morgan fingerprint density at radius 3 is 3.06 bits per heavy atom. The van der Waals surface area contributed by atoms with Crippen LogP contribution in [-0.2, 0) is 12.0 Å². The van der Waals surface area contributed by atoms with Crippen LogP contribution in [0.25, 0.3) is 0 Å². The number of rotatable bonds is 2. The SMILES string of the molecule is CCN1C(N)=NCC12CCc1ccc(OC)cc12. The molecule has 0 bridgehead atoms. The molecule has 0 amide bonds. The van der Waals surface area contributed by atoms with E-state index in [-0.39, 0.29) is 5.54 Å². The lowest BCUT2D eigenvalue weighted by Crippen LogP contribution is -2.47. The van der Waals surface area contributed by atoms with Crippen molar-refractivity contribution in [2.45, 2.75) is 25.3 Å². The van der Waals surface area contributed by atoms with E-state index >= 15 is 0 Å². The van der Waals surface area contributed by atoms with E-state index in [9.17, 15) is 0 Å². The summed E-state index contributed by atoms with van der Waals surface area (Å²) in [6, 6.07) is 6.36. The summed E-state index contributed by atoms with van der Waals surface area (Å²) in [6.07, 6.45) is 2.19. The highest BCUT2D eigenvalue weighted by Gasteiger charge is 2.47. The molecule has 2 N–H and O–H groups in total. The van der Waals surface area contributed by atoms with Crippen LogP contribution in [0.1, 0.15) is 24.5 Å². The van der Waals surface area contributed by atoms with Crippen molar-refractivity contribution in [2.24, 2.45) is 10.7 Å². The number of likely N-dealkylation sites (N-methyl/N-ethyl adjacent to an activating group) is 1. The van der Waals surface area contributed by atoms with E-state index in [4.69, 9.17) is 10.5 Å². The number of aliphatic imine (C=N–C) groups is 1. The van der Waals surface area contributed by atoms with Gasteiger partial charge in [0.05, 0.1) is 19.2 Å². The number of hydrogen-bond acceptors (Lipinski definition) is 4. The van der Waals surface area contributed by atoms with Crippen molar-refractivity contribution in [2.75, 3.05) is 20.2 Å². The Kier molecular flexibility index (Phi) is 2.47. The first-order chi connectivity index (χ1) is 8.71. The van der Waals surface area contributed by atoms with Gasteiger partial charge in [-0.15, -0.1) is 0 Å². The predicted octanol–water partition coefficient (Wildman–Crippen LogP) is 1.49. The number of fused-ring (bicyclic) bond motifs is 2. The third-order valence-electron chi connectivity index (χ3n) is 4.24. The molecule has 1 aromatic carbocycles. The average Bonchev–Trinajstić information content (AvgIpc) is 2.92. The molecule has 2 aliphatic rings. The van der Waals surface area contributed by atoms with Crippen molar-refractivity contribution in [3.8, 4) is 5.75 Å². The van der Waals surface area contributed by atoms with Gasteiger partial charge in [0.25, 0.3) is 0 Å². The Balaban J connectivity index is 2.08. The summed E-state index contributed by atoms with van der Waals surface area (Å²) in [4.78, 5) is 6.69. The van der Waals surface area contributed by atoms with E-state index in [0.29, 0.717) is 5.96 Å². The molecule has 4 heteroatoms. The lowest BCUT2D eigenvalue weighted by molar-refractivity contribution is 0.209. The van der Waals surface area contributed by atoms with Crippen LogP contribution >= 0.6 is 0 Å². The van der Waals surface area contributed by atoms with Crippen LogP contribution in [0.3, 0.4) is 0 Å². The first kappa shape index (κ1) is 11.4. The van der Waals surface area contributed by atoms with Gasteiger partial charge in [-0.2, -0.15) is 0 Å². The number of nitrogens with zero attached hydrogens (tertiary/aromatic N) is 2. The standard InChI is InChI=1S/C14H19N3O/c1-3-17-13(15)16-9-14(17)7-6-10-4-5-11(18-2)8-12(10)14/h4-5,8H,3,6-7,9H2,1-2H3,(H2,15,16). The molecule has 1 atom stereocenters. The highest BCUT2D eigenvalue weighted by Crippen LogP contribution is 2.45. The highest BCUT2D eigenvalue weighted by atomic mass is 16.5. The normalized spacial score (nSPS) is 25.4. The number of benzene rings is 1. The van der Waals surface area contributed by atoms with E-state index in [1.165, 1.54) is 11.1 Å². The summed E-state index contributed by atoms with van der Waals surface area (Å²) < 4.78 is 5.35. The highest BCUT2D eigenvalue weighted by molar-refractivity contribution is 5.81. The van der Waals surface area contributed by atoms with Crippen molar-refractivity contribution >= 4 is 5.96 Å². The number of hydrogen-bond donors (Lipinski definition) is 1. The fourth-order valence-corrected chi connectivity index (χ4v) is 3.32. The minimum absolute atomic E-state index is 0.0251. The fourth-order valence-electron chi connectivity index (χ4n) is 3.32. The van der Waals surface area contributed by atoms with E-state index in [2.05, 4.69) is 28.9 Å². The van der Waals surface area contributed by atoms with Gasteiger partial charge in [-0.25, -0.2) is 0 Å². The van der Waals surface area contributed by atoms with Crippen molar-refractivity contribution < 1.29 is 4.74 Å². The molecular formula is C14H19N3O. The van der Waals surface area contributed by atoms with E-state index in [1.807, 2.05) is 6.07 Å². The predicted molar refractivity (Wildman–Crippen MR) is 71.9 cm³/mol. The van der Waals surface area contributed by atoms with Gasteiger partial charge in [0.2, 0.25) is 0 Å². The zero-order chi connectivity index (χ0) is 12.8. The summed E-state index contributed by atoms with van der Waals surface area (Å²) in [5.74, 6) is 1.59. The van der Waals surface area contributed by atoms with Crippen LogP contribution in [0.15, 0.2) is 23.2 Å². The van der Waals surface area contributed by atoms with Crippen LogP contribution in [0, 0.1) is 0 Å². The second-order valence-electron chi connectivity index (χ2n) is 4.97. The summed E-state index contributed by atoms with van der Waals surface area (Å²) in [6.45, 7) is 3.80. The van der Waals surface area contributed by atoms with Crippen LogP contribution < -0.4 is 10.5 Å². The summed E-state index contributed by atoms with van der Waals surface area (Å²) in [5, 5.41) is 0. The molecule has 0 radical (unpaired) electrons. The minimum atomic E-state index is -0.0251. The Bertz CT molecular complexity index is 512. The maximum absolute atomic E-state index is 6.02. The molecule has 0 saturated heterocycles. The maximum Gasteiger partial charge on any atom is 0.192 e. The number of methoxy groups -OCH3 is 1. The van der Waals surface area contributed by atoms with Crippen molar-refractivity contribution in [1.29, 1.82) is 0 Å². The third-order valence-corrected chi connectivity index (χ3v) is 4.24. The smallest absolute Gasteiger partial charge is 0.192 e. The summed E-state index contributed by atoms with van der Waals surface area (Å²) in [5.41, 5.74) is 8.73. The van der Waals surface area contributed by atoms with E-state index in [0.717, 1.165) is 31.7 Å². The number of aryl methyl sites for hydroxylation is 1. The summed E-state index contributed by atoms with van der Waals surface area (Å²) in [7, 11) is 1.71. The third kappa shape index (κ3) is 1.35. The Morgan fingerprint density at radius 2 is 2.33 bits per heavy atom. The zero-order valence-electron chi connectivity index (χ0n) is 10.9. The number of ether oxygens (including phenoxy) is 1. The Labute approximate surface area is 107 Å². The number of guanidine groups is 1. The molecule has 1 heterocycles. The second-order valence-corrected chi connectivity index (χ2v) is 4.97. The zero-order valence-corrected chi connectivity index (χ0v) is 10.9. The van der Waals surface area contributed by atoms with Crippen molar-refractivity contribution in [3.63, 3.8) is 0 Å². The lowest BCUT2D eigenvalue weighted by Gasteiger charge is -2.36. The first-order valence-electron chi connectivity index (χ1n) is 6.46. The van der Waals surface area contributed by atoms with Gasteiger partial charge in [0.15, 0.2) is 5.96 Å². The quantitative estimate of drug-likeness (QED) is 0.858. The molecule has 1 aliphatic heterocycles. The summed E-state index contributed by atoms with van der Waals surface area (Å²) >= 11 is 0. The molecule has 0 aromatic heterocycles. The molecular weight excluding hydrogens is 226 g/mol. The molecule has 1 aliphatic carbocycles. The van der Waals surface area contributed by atoms with E-state index < -0.39 is 0 Å². The second kappa shape index (κ2) is 3.90. The van der Waals surface area contributed by atoms with Gasteiger partial charge in [-0.3, -0.25) is 4.99 Å². The van der Waals surface area contributed by atoms with Gasteiger partial charge >= 0.3 is 0 Å². The first-order valence-corrected chi connectivity index (χ1v) is 6.46. The molecule has 18 heavy (non-hydrogen) atoms. The Hall–Kier alpha value is -1.71. The lowest BCUT2D eigenvalue weighted by atomic mass is 9.90.